The highest BCUT2D eigenvalue weighted by Gasteiger charge is 2.23. The fraction of sp³-hybridized carbons (Fsp3) is 0.357. The predicted octanol–water partition coefficient (Wildman–Crippen LogP) is 27.6. The molecule has 0 aliphatic heterocycles. The Morgan fingerprint density at radius 1 is 0.295 bits per heavy atom. The number of aryl methyl sites for hydroxylation is 1. The molecule has 14 aromatic rings. The third-order valence-electron chi connectivity index (χ3n) is 19.8. The summed E-state index contributed by atoms with van der Waals surface area (Å²) in [6.45, 7) is 55.9. The molecular formula is C98H123N7. The fourth-order valence-corrected chi connectivity index (χ4v) is 13.3. The molecule has 7 heteroatoms. The Hall–Kier alpha value is -9.59. The number of nitrogens with zero attached hydrogens (tertiary/aromatic N) is 1. The van der Waals surface area contributed by atoms with Crippen molar-refractivity contribution in [3.63, 3.8) is 0 Å². The minimum Gasteiger partial charge on any atom is -0.361 e. The van der Waals surface area contributed by atoms with E-state index in [-0.39, 0.29) is 43.3 Å². The number of aromatic amines is 6. The number of allylic oxidation sites excluding steroid dienone is 2. The van der Waals surface area contributed by atoms with E-state index >= 15 is 0 Å². The van der Waals surface area contributed by atoms with E-state index in [1.807, 2.05) is 31.0 Å². The average Bonchev–Trinajstić information content (AvgIpc) is 1.71. The molecule has 0 saturated heterocycles. The number of para-hydroxylation sites is 2. The zero-order chi connectivity index (χ0) is 76.7. The van der Waals surface area contributed by atoms with Crippen molar-refractivity contribution < 1.29 is 0 Å². The molecule has 0 atom stereocenters. The van der Waals surface area contributed by atoms with Gasteiger partial charge in [-0.15, -0.1) is 0 Å². The van der Waals surface area contributed by atoms with Crippen LogP contribution in [0.4, 0.5) is 0 Å². The minimum absolute atomic E-state index is 0.208. The molecule has 0 spiro atoms. The van der Waals surface area contributed by atoms with E-state index in [2.05, 4.69) is 408 Å². The fourth-order valence-electron chi connectivity index (χ4n) is 13.3. The molecule has 6 aromatic heterocycles. The monoisotopic (exact) mass is 1400 g/mol. The van der Waals surface area contributed by atoms with Gasteiger partial charge in [-0.1, -0.05) is 306 Å². The van der Waals surface area contributed by atoms with Gasteiger partial charge in [0.15, 0.2) is 0 Å². The Morgan fingerprint density at radius 3 is 1.19 bits per heavy atom. The van der Waals surface area contributed by atoms with Crippen molar-refractivity contribution in [1.29, 1.82) is 0 Å². The molecular weight excluding hydrogens is 1280 g/mol. The quantitative estimate of drug-likeness (QED) is 0.0894. The van der Waals surface area contributed by atoms with E-state index in [0.29, 0.717) is 0 Å². The second kappa shape index (κ2) is 32.0. The Balaban J connectivity index is 0.000000139. The van der Waals surface area contributed by atoms with Crippen LogP contribution < -0.4 is 0 Å². The van der Waals surface area contributed by atoms with Gasteiger partial charge in [0.2, 0.25) is 0 Å². The highest BCUT2D eigenvalue weighted by molar-refractivity contribution is 5.86. The first kappa shape index (κ1) is 79.5. The molecule has 7 nitrogen and oxygen atoms in total. The summed E-state index contributed by atoms with van der Waals surface area (Å²) in [6, 6.07) is 63.3. The topological polar surface area (TPSA) is 108 Å². The summed E-state index contributed by atoms with van der Waals surface area (Å²) in [7, 11) is 0. The van der Waals surface area contributed by atoms with Gasteiger partial charge in [0.1, 0.15) is 0 Å². The van der Waals surface area contributed by atoms with Crippen molar-refractivity contribution >= 4 is 77.6 Å². The summed E-state index contributed by atoms with van der Waals surface area (Å²) in [6.07, 6.45) is 21.0. The molecule has 105 heavy (non-hydrogen) atoms. The first-order valence-electron chi connectivity index (χ1n) is 37.9. The number of rotatable bonds is 0. The number of aromatic nitrogens is 7. The number of fused-ring (bicyclic) bond motifs is 8. The largest absolute Gasteiger partial charge is 0.361 e. The molecule has 0 bridgehead atoms. The van der Waals surface area contributed by atoms with Gasteiger partial charge in [-0.2, -0.15) is 5.10 Å². The molecule has 2 aliphatic carbocycles. The molecule has 16 rings (SSSR count). The smallest absolute Gasteiger partial charge is 0.0653 e. The van der Waals surface area contributed by atoms with Crippen molar-refractivity contribution in [3.05, 3.63) is 292 Å². The lowest BCUT2D eigenvalue weighted by Crippen LogP contribution is -2.13. The van der Waals surface area contributed by atoms with Crippen LogP contribution in [-0.2, 0) is 56.2 Å². The third kappa shape index (κ3) is 21.1. The Kier molecular flexibility index (Phi) is 24.2. The molecule has 6 N–H and O–H groups in total. The van der Waals surface area contributed by atoms with E-state index < -0.39 is 0 Å². The highest BCUT2D eigenvalue weighted by Crippen LogP contribution is 2.35. The van der Waals surface area contributed by atoms with Gasteiger partial charge in [-0.25, -0.2) is 0 Å². The lowest BCUT2D eigenvalue weighted by Gasteiger charge is -2.22. The number of hydrogen-bond acceptors (Lipinski definition) is 1. The maximum absolute atomic E-state index is 4.00. The van der Waals surface area contributed by atoms with Crippen molar-refractivity contribution in [2.75, 3.05) is 0 Å². The van der Waals surface area contributed by atoms with Gasteiger partial charge >= 0.3 is 0 Å². The summed E-state index contributed by atoms with van der Waals surface area (Å²) in [5.41, 5.74) is 27.4. The van der Waals surface area contributed by atoms with Crippen LogP contribution in [0.3, 0.4) is 0 Å². The van der Waals surface area contributed by atoms with Gasteiger partial charge < -0.3 is 24.9 Å². The molecule has 550 valence electrons. The summed E-state index contributed by atoms with van der Waals surface area (Å²) in [5.74, 6) is 0. The molecule has 0 saturated carbocycles. The Labute approximate surface area is 629 Å². The maximum Gasteiger partial charge on any atom is 0.0653 e. The Bertz CT molecular complexity index is 4940. The van der Waals surface area contributed by atoms with Crippen molar-refractivity contribution in [1.82, 2.24) is 35.1 Å². The van der Waals surface area contributed by atoms with E-state index in [4.69, 9.17) is 0 Å². The summed E-state index contributed by atoms with van der Waals surface area (Å²) >= 11 is 0. The van der Waals surface area contributed by atoms with E-state index in [1.54, 1.807) is 0 Å². The normalized spacial score (nSPS) is 12.8. The molecule has 0 unspecified atom stereocenters. The summed E-state index contributed by atoms with van der Waals surface area (Å²) < 4.78 is 0. The van der Waals surface area contributed by atoms with E-state index in [1.165, 1.54) is 132 Å². The van der Waals surface area contributed by atoms with Crippen molar-refractivity contribution in [2.45, 2.75) is 229 Å². The van der Waals surface area contributed by atoms with Crippen LogP contribution in [0.25, 0.3) is 77.6 Å². The molecule has 8 aromatic carbocycles. The number of hydrogen-bond donors (Lipinski definition) is 6. The number of nitrogens with one attached hydrogen (secondary N) is 6. The van der Waals surface area contributed by atoms with Crippen molar-refractivity contribution in [2.24, 2.45) is 0 Å². The Morgan fingerprint density at radius 2 is 0.695 bits per heavy atom. The van der Waals surface area contributed by atoms with Crippen LogP contribution in [0.5, 0.6) is 0 Å². The molecule has 0 fully saturated rings. The predicted molar refractivity (Wildman–Crippen MR) is 460 cm³/mol. The highest BCUT2D eigenvalue weighted by atomic mass is 15.1. The second-order valence-corrected chi connectivity index (χ2v) is 37.0. The molecule has 6 heterocycles. The van der Waals surface area contributed by atoms with E-state index in [9.17, 15) is 0 Å². The van der Waals surface area contributed by atoms with Gasteiger partial charge in [0.05, 0.1) is 11.7 Å². The van der Waals surface area contributed by atoms with Crippen molar-refractivity contribution in [3.8, 4) is 0 Å². The van der Waals surface area contributed by atoms with Crippen LogP contribution in [0, 0.1) is 6.92 Å². The SMILES string of the molecule is CC(C)(C)c1ccc2c(c1)C=CC2.CC(C)(C)c1ccc2cc[nH]c2c1.CC(C)(C)c1ccc2cc[nH]c2c1.CC(C)(C)c1ccc2cn[nH]c2c1.CC(C)(C)c1cccc2c1C=CC2.CC(C)(C)c1cccc2cc[nH]c12.CC(C)(C)c1cccc2cc[nH]c12.Cc1cc2cc(C(C)(C)C)ccc2[nH]1. The average molecular weight is 1400 g/mol. The zero-order valence-electron chi connectivity index (χ0n) is 68.3. The minimum atomic E-state index is 0.208. The first-order valence-corrected chi connectivity index (χ1v) is 37.9. The van der Waals surface area contributed by atoms with Gasteiger partial charge in [0.25, 0.3) is 0 Å². The standard InChI is InChI=1S/C13H17N.2C13H16.4C12H15N.C11H14N2/c1-9-7-10-8-11(13(2,3)4)5-6-12(10)14-9;1-13(2,3)12-9-5-7-10-6-4-8-11(10)12;1-13(2,3)12-8-7-10-5-4-6-11(10)9-12;2*1-12(2,3)10-5-4-9-6-7-13-11(9)8-10;2*1-12(2,3)10-6-4-5-9-7-8-13-11(9)10;1-11(2,3)9-5-4-8-7-12-13-10(8)6-9/h5-8,14H,1-4H3;4-5,7-9H,6H2,1-3H3;4,6-9H,5H2,1-3H3;4*4-8,13H,1-3H3;4-7H,1-3H3,(H,12,13). The van der Waals surface area contributed by atoms with E-state index in [0.717, 1.165) is 18.4 Å². The summed E-state index contributed by atoms with van der Waals surface area (Å²) in [5, 5.41) is 14.6. The van der Waals surface area contributed by atoms with Crippen LogP contribution in [0.15, 0.2) is 219 Å². The van der Waals surface area contributed by atoms with Gasteiger partial charge in [0, 0.05) is 63.5 Å². The maximum atomic E-state index is 4.00. The van der Waals surface area contributed by atoms with Crippen LogP contribution in [-0.4, -0.2) is 35.1 Å². The van der Waals surface area contributed by atoms with Gasteiger partial charge in [-0.05, 0) is 217 Å². The first-order chi connectivity index (χ1) is 49.0. The van der Waals surface area contributed by atoms with Crippen LogP contribution >= 0.6 is 0 Å². The molecule has 0 radical (unpaired) electrons. The zero-order valence-corrected chi connectivity index (χ0v) is 68.3. The molecule has 2 aliphatic rings. The molecule has 0 amide bonds. The van der Waals surface area contributed by atoms with Gasteiger partial charge in [-0.3, -0.25) is 5.10 Å². The number of benzene rings is 8. The second-order valence-electron chi connectivity index (χ2n) is 37.0. The third-order valence-corrected chi connectivity index (χ3v) is 19.8. The summed E-state index contributed by atoms with van der Waals surface area (Å²) in [4.78, 5) is 16.4. The lowest BCUT2D eigenvalue weighted by molar-refractivity contribution is 0.588. The van der Waals surface area contributed by atoms with Crippen LogP contribution in [0.2, 0.25) is 0 Å². The number of H-pyrrole nitrogens is 6. The lowest BCUT2D eigenvalue weighted by atomic mass is 9.83. The van der Waals surface area contributed by atoms with Crippen LogP contribution in [0.1, 0.15) is 239 Å².